The molecule has 0 fully saturated rings. The zero-order valence-electron chi connectivity index (χ0n) is 7.57. The van der Waals surface area contributed by atoms with Gasteiger partial charge in [0.25, 0.3) is 0 Å². The number of aromatic nitrogens is 2. The van der Waals surface area contributed by atoms with Crippen LogP contribution in [0.1, 0.15) is 11.1 Å². The van der Waals surface area contributed by atoms with E-state index < -0.39 is 0 Å². The van der Waals surface area contributed by atoms with Crippen LogP contribution in [0, 0.1) is 13.8 Å². The molecule has 0 amide bonds. The lowest BCUT2D eigenvalue weighted by Gasteiger charge is -2.00. The third kappa shape index (κ3) is 1.61. The minimum atomic E-state index is 1.02. The first kappa shape index (κ1) is 8.05. The molecule has 2 rings (SSSR count). The fraction of sp³-hybridized carbons (Fsp3) is 0.0909. The van der Waals surface area contributed by atoms with Gasteiger partial charge in [-0.05, 0) is 37.1 Å². The molecule has 0 aliphatic rings. The van der Waals surface area contributed by atoms with Gasteiger partial charge in [-0.2, -0.15) is 5.10 Å². The highest BCUT2D eigenvalue weighted by atomic mass is 15.3. The van der Waals surface area contributed by atoms with Gasteiger partial charge in [0.05, 0.1) is 11.9 Å². The van der Waals surface area contributed by atoms with Crippen molar-refractivity contribution in [3.8, 4) is 5.69 Å². The van der Waals surface area contributed by atoms with Crippen molar-refractivity contribution in [3.05, 3.63) is 54.7 Å². The molecule has 0 saturated heterocycles. The molecule has 0 atom stereocenters. The van der Waals surface area contributed by atoms with Gasteiger partial charge in [0.15, 0.2) is 0 Å². The van der Waals surface area contributed by atoms with Crippen molar-refractivity contribution < 1.29 is 0 Å². The van der Waals surface area contributed by atoms with Crippen LogP contribution in [0.5, 0.6) is 0 Å². The van der Waals surface area contributed by atoms with Crippen LogP contribution in [0.3, 0.4) is 0 Å². The third-order valence-electron chi connectivity index (χ3n) is 1.91. The van der Waals surface area contributed by atoms with E-state index in [1.54, 1.807) is 0 Å². The van der Waals surface area contributed by atoms with Crippen LogP contribution in [0.2, 0.25) is 0 Å². The van der Waals surface area contributed by atoms with Crippen molar-refractivity contribution in [3.63, 3.8) is 0 Å². The monoisotopic (exact) mass is 171 g/mol. The molecule has 0 saturated carbocycles. The molecule has 0 aliphatic carbocycles. The van der Waals surface area contributed by atoms with E-state index in [0.29, 0.717) is 0 Å². The average Bonchev–Trinajstić information content (AvgIpc) is 2.53. The number of hydrogen-bond donors (Lipinski definition) is 0. The zero-order chi connectivity index (χ0) is 9.26. The lowest BCUT2D eigenvalue weighted by atomic mass is 10.2. The molecule has 65 valence electrons. The standard InChI is InChI=1S/C11H11N2/c1-9-3-5-11(6-4-9)13-8-10(2)7-12-13/h3-8H,1H2,2H3. The molecule has 2 heteroatoms. The summed E-state index contributed by atoms with van der Waals surface area (Å²) in [6.07, 6.45) is 3.84. The smallest absolute Gasteiger partial charge is 0.0645 e. The van der Waals surface area contributed by atoms with Crippen LogP contribution in [0.25, 0.3) is 5.69 Å². The van der Waals surface area contributed by atoms with Crippen LogP contribution >= 0.6 is 0 Å². The number of aryl methyl sites for hydroxylation is 1. The van der Waals surface area contributed by atoms with Gasteiger partial charge in [0.1, 0.15) is 0 Å². The molecule has 1 aromatic carbocycles. The van der Waals surface area contributed by atoms with E-state index in [4.69, 9.17) is 0 Å². The molecule has 0 N–H and O–H groups in total. The van der Waals surface area contributed by atoms with Crippen molar-refractivity contribution in [1.29, 1.82) is 0 Å². The summed E-state index contributed by atoms with van der Waals surface area (Å²) >= 11 is 0. The van der Waals surface area contributed by atoms with Gasteiger partial charge < -0.3 is 0 Å². The number of hydrogen-bond acceptors (Lipinski definition) is 1. The van der Waals surface area contributed by atoms with E-state index in [2.05, 4.69) is 12.0 Å². The molecule has 1 aromatic heterocycles. The first-order valence-electron chi connectivity index (χ1n) is 4.19. The Kier molecular flexibility index (Phi) is 1.89. The Labute approximate surface area is 77.8 Å². The largest absolute Gasteiger partial charge is 0.241 e. The SMILES string of the molecule is [CH2]c1ccc(-n2cc(C)cn2)cc1. The molecule has 0 spiro atoms. The van der Waals surface area contributed by atoms with Crippen molar-refractivity contribution in [2.45, 2.75) is 6.92 Å². The quantitative estimate of drug-likeness (QED) is 0.644. The second-order valence-corrected chi connectivity index (χ2v) is 3.13. The van der Waals surface area contributed by atoms with Gasteiger partial charge in [-0.15, -0.1) is 0 Å². The maximum absolute atomic E-state index is 4.21. The summed E-state index contributed by atoms with van der Waals surface area (Å²) in [7, 11) is 0. The minimum absolute atomic E-state index is 1.02. The maximum atomic E-state index is 4.21. The summed E-state index contributed by atoms with van der Waals surface area (Å²) in [5.74, 6) is 0. The van der Waals surface area contributed by atoms with E-state index in [9.17, 15) is 0 Å². The van der Waals surface area contributed by atoms with E-state index in [-0.39, 0.29) is 0 Å². The van der Waals surface area contributed by atoms with Crippen molar-refractivity contribution in [2.24, 2.45) is 0 Å². The lowest BCUT2D eigenvalue weighted by Crippen LogP contribution is -1.93. The molecular formula is C11H11N2. The maximum Gasteiger partial charge on any atom is 0.0645 e. The Balaban J connectivity index is 2.41. The highest BCUT2D eigenvalue weighted by molar-refractivity contribution is 5.35. The highest BCUT2D eigenvalue weighted by Gasteiger charge is 1.96. The molecule has 2 aromatic rings. The number of rotatable bonds is 1. The fourth-order valence-electron chi connectivity index (χ4n) is 1.20. The van der Waals surface area contributed by atoms with Crippen molar-refractivity contribution in [2.75, 3.05) is 0 Å². The molecule has 0 unspecified atom stereocenters. The first-order valence-corrected chi connectivity index (χ1v) is 4.19. The predicted molar refractivity (Wildman–Crippen MR) is 52.8 cm³/mol. The minimum Gasteiger partial charge on any atom is -0.241 e. The highest BCUT2D eigenvalue weighted by Crippen LogP contribution is 2.08. The predicted octanol–water partition coefficient (Wildman–Crippen LogP) is 2.36. The molecule has 2 nitrogen and oxygen atoms in total. The lowest BCUT2D eigenvalue weighted by molar-refractivity contribution is 0.880. The number of benzene rings is 1. The summed E-state index contributed by atoms with van der Waals surface area (Å²) in [5.41, 5.74) is 3.26. The van der Waals surface area contributed by atoms with Gasteiger partial charge >= 0.3 is 0 Å². The van der Waals surface area contributed by atoms with Crippen LogP contribution < -0.4 is 0 Å². The summed E-state index contributed by atoms with van der Waals surface area (Å²) < 4.78 is 1.86. The Bertz CT molecular complexity index is 398. The zero-order valence-corrected chi connectivity index (χ0v) is 7.57. The van der Waals surface area contributed by atoms with E-state index in [1.165, 1.54) is 5.56 Å². The van der Waals surface area contributed by atoms with E-state index in [1.807, 2.05) is 48.3 Å². The molecular weight excluding hydrogens is 160 g/mol. The normalized spacial score (nSPS) is 10.3. The Morgan fingerprint density at radius 2 is 1.92 bits per heavy atom. The summed E-state index contributed by atoms with van der Waals surface area (Å²) in [5, 5.41) is 4.21. The summed E-state index contributed by atoms with van der Waals surface area (Å²) in [6, 6.07) is 7.97. The van der Waals surface area contributed by atoms with Gasteiger partial charge in [-0.1, -0.05) is 12.1 Å². The van der Waals surface area contributed by atoms with Crippen LogP contribution in [0.4, 0.5) is 0 Å². The van der Waals surface area contributed by atoms with Crippen LogP contribution in [-0.4, -0.2) is 9.78 Å². The third-order valence-corrected chi connectivity index (χ3v) is 1.91. The van der Waals surface area contributed by atoms with Crippen LogP contribution in [-0.2, 0) is 0 Å². The molecule has 0 aliphatic heterocycles. The van der Waals surface area contributed by atoms with E-state index in [0.717, 1.165) is 11.3 Å². The van der Waals surface area contributed by atoms with Gasteiger partial charge in [0.2, 0.25) is 0 Å². The number of nitrogens with zero attached hydrogens (tertiary/aromatic N) is 2. The first-order chi connectivity index (χ1) is 6.25. The molecule has 1 radical (unpaired) electrons. The summed E-state index contributed by atoms with van der Waals surface area (Å²) in [6.45, 7) is 5.86. The van der Waals surface area contributed by atoms with Gasteiger partial charge in [-0.3, -0.25) is 0 Å². The van der Waals surface area contributed by atoms with Crippen molar-refractivity contribution in [1.82, 2.24) is 9.78 Å². The Morgan fingerprint density at radius 3 is 2.46 bits per heavy atom. The Morgan fingerprint density at radius 1 is 1.23 bits per heavy atom. The molecule has 13 heavy (non-hydrogen) atoms. The topological polar surface area (TPSA) is 17.8 Å². The summed E-state index contributed by atoms with van der Waals surface area (Å²) in [4.78, 5) is 0. The second-order valence-electron chi connectivity index (χ2n) is 3.13. The van der Waals surface area contributed by atoms with Gasteiger partial charge in [0, 0.05) is 6.20 Å². The van der Waals surface area contributed by atoms with Gasteiger partial charge in [-0.25, -0.2) is 4.68 Å². The average molecular weight is 171 g/mol. The second kappa shape index (κ2) is 3.05. The van der Waals surface area contributed by atoms with Crippen molar-refractivity contribution >= 4 is 0 Å². The fourth-order valence-corrected chi connectivity index (χ4v) is 1.20. The van der Waals surface area contributed by atoms with Crippen LogP contribution in [0.15, 0.2) is 36.7 Å². The van der Waals surface area contributed by atoms with E-state index >= 15 is 0 Å². The Hall–Kier alpha value is -1.57. The molecule has 1 heterocycles. The molecule has 0 bridgehead atoms.